The highest BCUT2D eigenvalue weighted by Crippen LogP contribution is 1.83. The Morgan fingerprint density at radius 1 is 1.17 bits per heavy atom. The highest BCUT2D eigenvalue weighted by molar-refractivity contribution is 5.83. The number of aliphatic hydroxyl groups is 1. The first-order chi connectivity index (χ1) is 8.51. The average Bonchev–Trinajstić information content (AvgIpc) is 2.33. The van der Waals surface area contributed by atoms with Crippen LogP contribution in [0.5, 0.6) is 0 Å². The lowest BCUT2D eigenvalue weighted by atomic mass is 10.3. The largest absolute Gasteiger partial charge is 0.480 e. The van der Waals surface area contributed by atoms with E-state index in [0.717, 1.165) is 6.42 Å². The van der Waals surface area contributed by atoms with Gasteiger partial charge in [0.2, 0.25) is 5.91 Å². The molecule has 5 N–H and O–H groups in total. The van der Waals surface area contributed by atoms with Crippen LogP contribution in [-0.4, -0.2) is 53.9 Å². The molecule has 104 valence electrons. The Labute approximate surface area is 105 Å². The summed E-state index contributed by atoms with van der Waals surface area (Å²) in [7, 11) is 0. The first-order valence-electron chi connectivity index (χ1n) is 5.66. The van der Waals surface area contributed by atoms with Crippen molar-refractivity contribution in [2.45, 2.75) is 25.8 Å². The zero-order chi connectivity index (χ0) is 14.0. The van der Waals surface area contributed by atoms with Crippen molar-refractivity contribution in [2.24, 2.45) is 0 Å². The molecule has 0 bridgehead atoms. The van der Waals surface area contributed by atoms with Gasteiger partial charge >= 0.3 is 12.0 Å². The number of nitrogens with one attached hydrogen (secondary N) is 3. The molecule has 0 aromatic rings. The number of carboxylic acids is 1. The zero-order valence-corrected chi connectivity index (χ0v) is 10.2. The summed E-state index contributed by atoms with van der Waals surface area (Å²) in [6.07, 6.45) is 0.945. The molecule has 0 unspecified atom stereocenters. The molecule has 0 aromatic heterocycles. The maximum Gasteiger partial charge on any atom is 0.328 e. The van der Waals surface area contributed by atoms with Gasteiger partial charge in [-0.15, -0.1) is 0 Å². The number of rotatable bonds is 8. The molecule has 18 heavy (non-hydrogen) atoms. The van der Waals surface area contributed by atoms with Crippen molar-refractivity contribution in [3.05, 3.63) is 0 Å². The zero-order valence-electron chi connectivity index (χ0n) is 10.2. The summed E-state index contributed by atoms with van der Waals surface area (Å²) >= 11 is 0. The van der Waals surface area contributed by atoms with Crippen molar-refractivity contribution < 1.29 is 24.6 Å². The maximum absolute atomic E-state index is 11.2. The third-order valence-corrected chi connectivity index (χ3v) is 2.00. The van der Waals surface area contributed by atoms with Gasteiger partial charge in [0.15, 0.2) is 6.04 Å². The third kappa shape index (κ3) is 7.44. The van der Waals surface area contributed by atoms with Gasteiger partial charge in [-0.1, -0.05) is 6.92 Å². The van der Waals surface area contributed by atoms with Gasteiger partial charge in [-0.2, -0.15) is 0 Å². The molecule has 0 fully saturated rings. The second-order valence-electron chi connectivity index (χ2n) is 3.57. The molecule has 0 aliphatic heterocycles. The molecular weight excluding hydrogens is 242 g/mol. The Bertz CT molecular complexity index is 295. The molecule has 0 spiro atoms. The van der Waals surface area contributed by atoms with Crippen LogP contribution >= 0.6 is 0 Å². The average molecular weight is 261 g/mol. The summed E-state index contributed by atoms with van der Waals surface area (Å²) in [4.78, 5) is 32.8. The van der Waals surface area contributed by atoms with Crippen LogP contribution in [0.15, 0.2) is 0 Å². The SMILES string of the molecule is CCCNC(=O)CCNC(=O)N[C@@H](CO)C(=O)O. The standard InChI is InChI=1S/C10H19N3O5/c1-2-4-11-8(15)3-5-12-10(18)13-7(6-14)9(16)17/h7,14H,2-6H2,1H3,(H,11,15)(H,16,17)(H2,12,13,18)/t7-/m0/s1. The minimum Gasteiger partial charge on any atom is -0.480 e. The van der Waals surface area contributed by atoms with Crippen LogP contribution in [0, 0.1) is 0 Å². The molecule has 0 radical (unpaired) electrons. The third-order valence-electron chi connectivity index (χ3n) is 2.00. The van der Waals surface area contributed by atoms with Crippen LogP contribution < -0.4 is 16.0 Å². The predicted molar refractivity (Wildman–Crippen MR) is 63.0 cm³/mol. The van der Waals surface area contributed by atoms with Crippen LogP contribution in [-0.2, 0) is 9.59 Å². The summed E-state index contributed by atoms with van der Waals surface area (Å²) in [6, 6.07) is -2.08. The Balaban J connectivity index is 3.76. The second kappa shape index (κ2) is 9.23. The van der Waals surface area contributed by atoms with E-state index in [9.17, 15) is 14.4 Å². The number of urea groups is 1. The first kappa shape index (κ1) is 16.2. The molecule has 0 heterocycles. The fourth-order valence-corrected chi connectivity index (χ4v) is 1.04. The summed E-state index contributed by atoms with van der Waals surface area (Å²) in [5, 5.41) is 24.2. The van der Waals surface area contributed by atoms with Crippen molar-refractivity contribution in [1.29, 1.82) is 0 Å². The van der Waals surface area contributed by atoms with E-state index in [4.69, 9.17) is 10.2 Å². The lowest BCUT2D eigenvalue weighted by Gasteiger charge is -2.12. The maximum atomic E-state index is 11.2. The van der Waals surface area contributed by atoms with Crippen molar-refractivity contribution in [3.63, 3.8) is 0 Å². The number of aliphatic hydroxyl groups excluding tert-OH is 1. The number of carbonyl (C=O) groups excluding carboxylic acids is 2. The molecule has 0 aromatic carbocycles. The van der Waals surface area contributed by atoms with Crippen molar-refractivity contribution in [2.75, 3.05) is 19.7 Å². The van der Waals surface area contributed by atoms with E-state index < -0.39 is 24.6 Å². The topological polar surface area (TPSA) is 128 Å². The molecule has 3 amide bonds. The van der Waals surface area contributed by atoms with Gasteiger partial charge in [0.05, 0.1) is 6.61 Å². The van der Waals surface area contributed by atoms with Gasteiger partial charge in [-0.25, -0.2) is 9.59 Å². The lowest BCUT2D eigenvalue weighted by Crippen LogP contribution is -2.48. The second-order valence-corrected chi connectivity index (χ2v) is 3.57. The molecular formula is C10H19N3O5. The van der Waals surface area contributed by atoms with E-state index in [-0.39, 0.29) is 18.9 Å². The molecule has 8 heteroatoms. The van der Waals surface area contributed by atoms with Gasteiger partial charge in [-0.3, -0.25) is 4.79 Å². The molecule has 0 aliphatic rings. The Morgan fingerprint density at radius 3 is 2.33 bits per heavy atom. The van der Waals surface area contributed by atoms with E-state index in [1.54, 1.807) is 0 Å². The van der Waals surface area contributed by atoms with Gasteiger partial charge in [-0.05, 0) is 6.42 Å². The van der Waals surface area contributed by atoms with Gasteiger partial charge < -0.3 is 26.2 Å². The fraction of sp³-hybridized carbons (Fsp3) is 0.700. The Morgan fingerprint density at radius 2 is 1.83 bits per heavy atom. The number of carbonyl (C=O) groups is 3. The minimum atomic E-state index is -1.35. The highest BCUT2D eigenvalue weighted by Gasteiger charge is 2.18. The molecule has 1 atom stereocenters. The van der Waals surface area contributed by atoms with E-state index in [0.29, 0.717) is 6.54 Å². The predicted octanol–water partition coefficient (Wildman–Crippen LogP) is -1.35. The quantitative estimate of drug-likeness (QED) is 0.369. The number of carboxylic acid groups (broad SMARTS) is 1. The summed E-state index contributed by atoms with van der Waals surface area (Å²) in [5.41, 5.74) is 0. The van der Waals surface area contributed by atoms with Crippen LogP contribution in [0.4, 0.5) is 4.79 Å². The van der Waals surface area contributed by atoms with E-state index in [1.165, 1.54) is 0 Å². The van der Waals surface area contributed by atoms with Crippen LogP contribution in [0.2, 0.25) is 0 Å². The van der Waals surface area contributed by atoms with E-state index in [1.807, 2.05) is 6.92 Å². The molecule has 0 rings (SSSR count). The number of amides is 3. The Kier molecular flexibility index (Phi) is 8.29. The van der Waals surface area contributed by atoms with Crippen LogP contribution in [0.1, 0.15) is 19.8 Å². The number of hydrogen-bond acceptors (Lipinski definition) is 4. The van der Waals surface area contributed by atoms with Crippen LogP contribution in [0.3, 0.4) is 0 Å². The van der Waals surface area contributed by atoms with E-state index in [2.05, 4.69) is 16.0 Å². The molecule has 0 saturated carbocycles. The van der Waals surface area contributed by atoms with Crippen molar-refractivity contribution in [3.8, 4) is 0 Å². The van der Waals surface area contributed by atoms with Crippen molar-refractivity contribution in [1.82, 2.24) is 16.0 Å². The first-order valence-corrected chi connectivity index (χ1v) is 5.66. The summed E-state index contributed by atoms with van der Waals surface area (Å²) in [5.74, 6) is -1.51. The fourth-order valence-electron chi connectivity index (χ4n) is 1.04. The minimum absolute atomic E-state index is 0.0964. The number of aliphatic carboxylic acids is 1. The highest BCUT2D eigenvalue weighted by atomic mass is 16.4. The monoisotopic (exact) mass is 261 g/mol. The Hall–Kier alpha value is -1.83. The van der Waals surface area contributed by atoms with Gasteiger partial charge in [0, 0.05) is 19.5 Å². The summed E-state index contributed by atoms with van der Waals surface area (Å²) in [6.45, 7) is 1.91. The molecule has 0 aliphatic carbocycles. The number of hydrogen-bond donors (Lipinski definition) is 5. The normalized spacial score (nSPS) is 11.4. The van der Waals surface area contributed by atoms with Gasteiger partial charge in [0.1, 0.15) is 0 Å². The lowest BCUT2D eigenvalue weighted by molar-refractivity contribution is -0.140. The van der Waals surface area contributed by atoms with Crippen LogP contribution in [0.25, 0.3) is 0 Å². The molecule has 8 nitrogen and oxygen atoms in total. The summed E-state index contributed by atoms with van der Waals surface area (Å²) < 4.78 is 0. The van der Waals surface area contributed by atoms with E-state index >= 15 is 0 Å². The smallest absolute Gasteiger partial charge is 0.328 e. The van der Waals surface area contributed by atoms with Gasteiger partial charge in [0.25, 0.3) is 0 Å². The van der Waals surface area contributed by atoms with Crippen molar-refractivity contribution >= 4 is 17.9 Å². The molecule has 0 saturated heterocycles.